The second kappa shape index (κ2) is 11.7. The third-order valence-corrected chi connectivity index (χ3v) is 4.64. The summed E-state index contributed by atoms with van der Waals surface area (Å²) >= 11 is 0. The lowest BCUT2D eigenvalue weighted by Gasteiger charge is -2.17. The van der Waals surface area contributed by atoms with Crippen LogP contribution in [0.2, 0.25) is 0 Å². The highest BCUT2D eigenvalue weighted by Crippen LogP contribution is 2.20. The first-order valence-corrected chi connectivity index (χ1v) is 10.1. The molecule has 0 atom stereocenters. The number of aliphatic carboxylic acids is 1. The number of rotatable bonds is 7. The molecule has 1 heterocycles. The number of nitrogens with two attached hydrogens (primary N) is 1. The Balaban J connectivity index is 0.000000479. The van der Waals surface area contributed by atoms with Crippen molar-refractivity contribution >= 4 is 23.4 Å². The lowest BCUT2D eigenvalue weighted by Crippen LogP contribution is -2.28. The summed E-state index contributed by atoms with van der Waals surface area (Å²) in [7, 11) is 0. The minimum Gasteiger partial charge on any atom is -0.492 e. The molecule has 0 bridgehead atoms. The maximum Gasteiger partial charge on any atom is 0.490 e. The molecule has 33 heavy (non-hydrogen) atoms. The van der Waals surface area contributed by atoms with Gasteiger partial charge in [-0.15, -0.1) is 0 Å². The molecule has 1 saturated heterocycles. The Hall–Kier alpha value is -3.76. The number of hydrogen-bond donors (Lipinski definition) is 4. The zero-order valence-corrected chi connectivity index (χ0v) is 17.7. The molecule has 0 aliphatic carbocycles. The number of carbonyl (C=O) groups excluding carboxylic acids is 1. The fraction of sp³-hybridized carbons (Fsp3) is 0.318. The molecular formula is C22H25F3N4O4. The molecule has 1 aliphatic heterocycles. The van der Waals surface area contributed by atoms with Crippen molar-refractivity contribution in [3.05, 3.63) is 59.7 Å². The molecule has 0 spiro atoms. The van der Waals surface area contributed by atoms with Crippen LogP contribution in [0.3, 0.4) is 0 Å². The fourth-order valence-corrected chi connectivity index (χ4v) is 2.99. The zero-order chi connectivity index (χ0) is 24.4. The van der Waals surface area contributed by atoms with Crippen molar-refractivity contribution in [2.75, 3.05) is 31.1 Å². The van der Waals surface area contributed by atoms with Gasteiger partial charge in [-0.2, -0.15) is 13.2 Å². The summed E-state index contributed by atoms with van der Waals surface area (Å²) < 4.78 is 37.3. The van der Waals surface area contributed by atoms with Gasteiger partial charge in [0.1, 0.15) is 18.2 Å². The number of carboxylic acid groups (broad SMARTS) is 1. The topological polar surface area (TPSA) is 129 Å². The Labute approximate surface area is 188 Å². The van der Waals surface area contributed by atoms with Crippen molar-refractivity contribution < 1.29 is 32.6 Å². The van der Waals surface area contributed by atoms with Gasteiger partial charge in [0, 0.05) is 29.9 Å². The van der Waals surface area contributed by atoms with Crippen molar-refractivity contribution in [3.63, 3.8) is 0 Å². The molecule has 1 amide bonds. The number of amides is 1. The predicted molar refractivity (Wildman–Crippen MR) is 117 cm³/mol. The van der Waals surface area contributed by atoms with Gasteiger partial charge < -0.3 is 25.8 Å². The first kappa shape index (κ1) is 25.5. The number of benzene rings is 2. The van der Waals surface area contributed by atoms with Gasteiger partial charge in [-0.05, 0) is 49.2 Å². The van der Waals surface area contributed by atoms with Crippen molar-refractivity contribution in [1.82, 2.24) is 5.32 Å². The van der Waals surface area contributed by atoms with Gasteiger partial charge in [-0.25, -0.2) is 4.79 Å². The zero-order valence-electron chi connectivity index (χ0n) is 17.7. The summed E-state index contributed by atoms with van der Waals surface area (Å²) in [6.45, 7) is 2.93. The van der Waals surface area contributed by atoms with Crippen LogP contribution in [0.5, 0.6) is 5.75 Å². The largest absolute Gasteiger partial charge is 0.492 e. The number of nitrogens with one attached hydrogen (secondary N) is 2. The predicted octanol–water partition coefficient (Wildman–Crippen LogP) is 3.01. The van der Waals surface area contributed by atoms with E-state index in [0.717, 1.165) is 13.1 Å². The van der Waals surface area contributed by atoms with E-state index >= 15 is 0 Å². The van der Waals surface area contributed by atoms with E-state index in [0.29, 0.717) is 30.0 Å². The van der Waals surface area contributed by atoms with E-state index in [1.54, 1.807) is 24.3 Å². The summed E-state index contributed by atoms with van der Waals surface area (Å²) in [5.41, 5.74) is 7.89. The molecule has 3 rings (SSSR count). The van der Waals surface area contributed by atoms with Gasteiger partial charge >= 0.3 is 12.1 Å². The van der Waals surface area contributed by atoms with Crippen LogP contribution in [0.15, 0.2) is 48.5 Å². The normalized spacial score (nSPS) is 13.0. The number of ether oxygens (including phenoxy) is 1. The first-order valence-electron chi connectivity index (χ1n) is 10.1. The standard InChI is InChI=1S/C20H24N4O2.C2HF3O2/c21-19(22)16-4-3-5-18(14-16)26-13-10-23-20(25)15-6-8-17(9-7-15)24-11-1-2-12-24;3-2(4,5)1(6)7/h3-9,14H,1-2,10-13H2,(H3,21,22)(H,23,25);(H,6,7). The SMILES string of the molecule is N=C(N)c1cccc(OCCNC(=O)c2ccc(N3CCCC3)cc2)c1.O=C(O)C(F)(F)F. The van der Waals surface area contributed by atoms with Crippen LogP contribution in [0.4, 0.5) is 18.9 Å². The molecule has 8 nitrogen and oxygen atoms in total. The van der Waals surface area contributed by atoms with Crippen molar-refractivity contribution in [2.24, 2.45) is 5.73 Å². The summed E-state index contributed by atoms with van der Waals surface area (Å²) in [5, 5.41) is 17.4. The Morgan fingerprint density at radius 3 is 2.24 bits per heavy atom. The average molecular weight is 466 g/mol. The highest BCUT2D eigenvalue weighted by molar-refractivity contribution is 5.95. The number of halogens is 3. The summed E-state index contributed by atoms with van der Waals surface area (Å²) in [6.07, 6.45) is -2.62. The van der Waals surface area contributed by atoms with Gasteiger partial charge in [-0.1, -0.05) is 12.1 Å². The Morgan fingerprint density at radius 1 is 1.09 bits per heavy atom. The number of hydrogen-bond acceptors (Lipinski definition) is 5. The van der Waals surface area contributed by atoms with Crippen LogP contribution in [-0.4, -0.2) is 55.2 Å². The molecule has 0 radical (unpaired) electrons. The molecular weight excluding hydrogens is 441 g/mol. The highest BCUT2D eigenvalue weighted by atomic mass is 19.4. The maximum absolute atomic E-state index is 12.2. The molecule has 0 aromatic heterocycles. The molecule has 11 heteroatoms. The molecule has 5 N–H and O–H groups in total. The van der Waals surface area contributed by atoms with Crippen molar-refractivity contribution in [3.8, 4) is 5.75 Å². The second-order valence-corrected chi connectivity index (χ2v) is 7.09. The quantitative estimate of drug-likeness (QED) is 0.282. The Morgan fingerprint density at radius 2 is 1.70 bits per heavy atom. The lowest BCUT2D eigenvalue weighted by molar-refractivity contribution is -0.192. The monoisotopic (exact) mass is 466 g/mol. The summed E-state index contributed by atoms with van der Waals surface area (Å²) in [5.74, 6) is -2.24. The third-order valence-electron chi connectivity index (χ3n) is 4.64. The molecule has 1 aliphatic rings. The third kappa shape index (κ3) is 8.36. The smallest absolute Gasteiger partial charge is 0.490 e. The maximum atomic E-state index is 12.2. The van der Waals surface area contributed by atoms with E-state index in [1.165, 1.54) is 18.5 Å². The van der Waals surface area contributed by atoms with Crippen LogP contribution in [0.1, 0.15) is 28.8 Å². The minimum atomic E-state index is -5.08. The van der Waals surface area contributed by atoms with Crippen LogP contribution in [0, 0.1) is 5.41 Å². The van der Waals surface area contributed by atoms with E-state index < -0.39 is 12.1 Å². The van der Waals surface area contributed by atoms with Crippen LogP contribution in [-0.2, 0) is 4.79 Å². The highest BCUT2D eigenvalue weighted by Gasteiger charge is 2.38. The molecule has 2 aromatic carbocycles. The van der Waals surface area contributed by atoms with E-state index in [2.05, 4.69) is 10.2 Å². The number of nitrogens with zero attached hydrogens (tertiary/aromatic N) is 1. The fourth-order valence-electron chi connectivity index (χ4n) is 2.99. The average Bonchev–Trinajstić information content (AvgIpc) is 3.31. The second-order valence-electron chi connectivity index (χ2n) is 7.09. The van der Waals surface area contributed by atoms with Crippen LogP contribution < -0.4 is 20.7 Å². The number of amidine groups is 1. The molecule has 0 unspecified atom stereocenters. The van der Waals surface area contributed by atoms with Gasteiger partial charge in [0.2, 0.25) is 0 Å². The number of carboxylic acids is 1. The van der Waals surface area contributed by atoms with Gasteiger partial charge in [0.05, 0.1) is 6.54 Å². The van der Waals surface area contributed by atoms with Crippen LogP contribution >= 0.6 is 0 Å². The van der Waals surface area contributed by atoms with E-state index in [4.69, 9.17) is 25.8 Å². The van der Waals surface area contributed by atoms with Crippen molar-refractivity contribution in [1.29, 1.82) is 5.41 Å². The molecule has 178 valence electrons. The van der Waals surface area contributed by atoms with E-state index in [1.807, 2.05) is 24.3 Å². The van der Waals surface area contributed by atoms with Gasteiger partial charge in [0.15, 0.2) is 0 Å². The Kier molecular flexibility index (Phi) is 9.08. The van der Waals surface area contributed by atoms with E-state index in [-0.39, 0.29) is 11.7 Å². The first-order chi connectivity index (χ1) is 15.6. The Bertz CT molecular complexity index is 959. The van der Waals surface area contributed by atoms with Crippen LogP contribution in [0.25, 0.3) is 0 Å². The number of anilines is 1. The number of alkyl halides is 3. The van der Waals surface area contributed by atoms with Crippen molar-refractivity contribution in [2.45, 2.75) is 19.0 Å². The minimum absolute atomic E-state index is 0.00105. The molecule has 0 saturated carbocycles. The number of nitrogen functional groups attached to an aromatic ring is 1. The summed E-state index contributed by atoms with van der Waals surface area (Å²) in [4.78, 5) is 23.4. The number of carbonyl (C=O) groups is 2. The van der Waals surface area contributed by atoms with Gasteiger partial charge in [0.25, 0.3) is 5.91 Å². The molecule has 2 aromatic rings. The molecule has 1 fully saturated rings. The van der Waals surface area contributed by atoms with E-state index in [9.17, 15) is 18.0 Å². The summed E-state index contributed by atoms with van der Waals surface area (Å²) in [6, 6.07) is 14.8. The van der Waals surface area contributed by atoms with Gasteiger partial charge in [-0.3, -0.25) is 10.2 Å². The lowest BCUT2D eigenvalue weighted by atomic mass is 10.2.